The lowest BCUT2D eigenvalue weighted by Gasteiger charge is -2.30. The maximum atomic E-state index is 12.2. The summed E-state index contributed by atoms with van der Waals surface area (Å²) in [5.41, 5.74) is 4.59. The number of ether oxygens (including phenoxy) is 1. The number of hydrogen-bond acceptors (Lipinski definition) is 4. The second-order valence-corrected chi connectivity index (χ2v) is 5.21. The fourth-order valence-electron chi connectivity index (χ4n) is 1.56. The molecule has 0 radical (unpaired) electrons. The standard InChI is InChI=1S/C14H19NO3/c1-13(2,3)18-12(17)14(15,9-10-16)11-7-5-4-6-8-11/h4-8,10H,9,15H2,1-3H3/t14-/m1/s1. The Morgan fingerprint density at radius 2 is 1.83 bits per heavy atom. The summed E-state index contributed by atoms with van der Waals surface area (Å²) in [6, 6.07) is 8.79. The van der Waals surface area contributed by atoms with Crippen molar-refractivity contribution in [3.63, 3.8) is 0 Å². The zero-order valence-corrected chi connectivity index (χ0v) is 11.0. The Kier molecular flexibility index (Phi) is 4.24. The summed E-state index contributed by atoms with van der Waals surface area (Å²) in [7, 11) is 0. The van der Waals surface area contributed by atoms with Gasteiger partial charge in [-0.25, -0.2) is 4.79 Å². The first kappa shape index (κ1) is 14.4. The summed E-state index contributed by atoms with van der Waals surface area (Å²) in [4.78, 5) is 22.9. The average Bonchev–Trinajstić information content (AvgIpc) is 2.28. The highest BCUT2D eigenvalue weighted by Crippen LogP contribution is 2.25. The third-order valence-corrected chi connectivity index (χ3v) is 2.46. The minimum absolute atomic E-state index is 0.105. The zero-order valence-electron chi connectivity index (χ0n) is 11.0. The summed E-state index contributed by atoms with van der Waals surface area (Å²) in [6.07, 6.45) is 0.531. The predicted molar refractivity (Wildman–Crippen MR) is 68.8 cm³/mol. The Morgan fingerprint density at radius 1 is 1.28 bits per heavy atom. The molecule has 0 heterocycles. The van der Waals surface area contributed by atoms with Crippen molar-refractivity contribution in [3.8, 4) is 0 Å². The molecule has 18 heavy (non-hydrogen) atoms. The molecular formula is C14H19NO3. The number of esters is 1. The number of benzene rings is 1. The van der Waals surface area contributed by atoms with Crippen LogP contribution in [0.4, 0.5) is 0 Å². The number of hydrogen-bond donors (Lipinski definition) is 1. The van der Waals surface area contributed by atoms with Gasteiger partial charge in [0, 0.05) is 6.42 Å². The largest absolute Gasteiger partial charge is 0.458 e. The summed E-state index contributed by atoms with van der Waals surface area (Å²) < 4.78 is 5.29. The first-order valence-electron chi connectivity index (χ1n) is 5.81. The van der Waals surface area contributed by atoms with Gasteiger partial charge in [0.25, 0.3) is 0 Å². The van der Waals surface area contributed by atoms with Gasteiger partial charge in [0.15, 0.2) is 0 Å². The lowest BCUT2D eigenvalue weighted by molar-refractivity contribution is -0.163. The number of carbonyl (C=O) groups excluding carboxylic acids is 2. The van der Waals surface area contributed by atoms with Crippen molar-refractivity contribution in [2.75, 3.05) is 0 Å². The van der Waals surface area contributed by atoms with Crippen LogP contribution in [-0.4, -0.2) is 17.9 Å². The third kappa shape index (κ3) is 3.40. The van der Waals surface area contributed by atoms with Crippen LogP contribution >= 0.6 is 0 Å². The molecule has 0 unspecified atom stereocenters. The van der Waals surface area contributed by atoms with Gasteiger partial charge in [-0.1, -0.05) is 30.3 Å². The molecular weight excluding hydrogens is 230 g/mol. The second-order valence-electron chi connectivity index (χ2n) is 5.21. The average molecular weight is 249 g/mol. The Labute approximate surface area is 107 Å². The monoisotopic (exact) mass is 249 g/mol. The summed E-state index contributed by atoms with van der Waals surface area (Å²) >= 11 is 0. The molecule has 0 spiro atoms. The third-order valence-electron chi connectivity index (χ3n) is 2.46. The summed E-state index contributed by atoms with van der Waals surface area (Å²) in [6.45, 7) is 5.28. The lowest BCUT2D eigenvalue weighted by Crippen LogP contribution is -2.48. The molecule has 0 fully saturated rings. The summed E-state index contributed by atoms with van der Waals surface area (Å²) in [5, 5.41) is 0. The lowest BCUT2D eigenvalue weighted by atomic mass is 9.88. The Morgan fingerprint density at radius 3 is 2.28 bits per heavy atom. The molecule has 1 rings (SSSR count). The molecule has 0 aromatic heterocycles. The van der Waals surface area contributed by atoms with Crippen LogP contribution < -0.4 is 5.73 Å². The van der Waals surface area contributed by atoms with Gasteiger partial charge in [-0.2, -0.15) is 0 Å². The molecule has 1 atom stereocenters. The van der Waals surface area contributed by atoms with E-state index in [4.69, 9.17) is 10.5 Å². The Balaban J connectivity index is 3.08. The fourth-order valence-corrected chi connectivity index (χ4v) is 1.56. The van der Waals surface area contributed by atoms with Gasteiger partial charge in [0.2, 0.25) is 0 Å². The Bertz CT molecular complexity index is 422. The van der Waals surface area contributed by atoms with Gasteiger partial charge in [0.1, 0.15) is 17.4 Å². The highest BCUT2D eigenvalue weighted by molar-refractivity contribution is 5.85. The van der Waals surface area contributed by atoms with Crippen LogP contribution in [0.1, 0.15) is 32.8 Å². The molecule has 1 aromatic carbocycles. The first-order chi connectivity index (χ1) is 8.29. The van der Waals surface area contributed by atoms with E-state index in [1.54, 1.807) is 45.0 Å². The molecule has 0 aliphatic heterocycles. The molecule has 0 aliphatic carbocycles. The van der Waals surface area contributed by atoms with E-state index < -0.39 is 17.1 Å². The Hall–Kier alpha value is -1.68. The number of rotatable bonds is 4. The molecule has 0 saturated heterocycles. The van der Waals surface area contributed by atoms with E-state index in [9.17, 15) is 9.59 Å². The van der Waals surface area contributed by atoms with Crippen LogP contribution in [0.25, 0.3) is 0 Å². The smallest absolute Gasteiger partial charge is 0.331 e. The molecule has 2 N–H and O–H groups in total. The van der Waals surface area contributed by atoms with Crippen molar-refractivity contribution in [2.24, 2.45) is 5.73 Å². The van der Waals surface area contributed by atoms with Crippen LogP contribution in [-0.2, 0) is 19.9 Å². The minimum Gasteiger partial charge on any atom is -0.458 e. The molecule has 0 saturated carbocycles. The van der Waals surface area contributed by atoms with Crippen LogP contribution in [0.2, 0.25) is 0 Å². The van der Waals surface area contributed by atoms with Gasteiger partial charge in [0.05, 0.1) is 0 Å². The van der Waals surface area contributed by atoms with Crippen molar-refractivity contribution >= 4 is 12.3 Å². The first-order valence-corrected chi connectivity index (χ1v) is 5.81. The van der Waals surface area contributed by atoms with Gasteiger partial charge in [-0.3, -0.25) is 0 Å². The maximum Gasteiger partial charge on any atom is 0.331 e. The van der Waals surface area contributed by atoms with E-state index in [2.05, 4.69) is 0 Å². The highest BCUT2D eigenvalue weighted by atomic mass is 16.6. The number of nitrogens with two attached hydrogens (primary N) is 1. The molecule has 1 aromatic rings. The molecule has 0 aliphatic rings. The quantitative estimate of drug-likeness (QED) is 0.652. The number of aldehydes is 1. The van der Waals surface area contributed by atoms with E-state index in [0.29, 0.717) is 11.8 Å². The molecule has 4 heteroatoms. The SMILES string of the molecule is CC(C)(C)OC(=O)[C@@](N)(CC=O)c1ccccc1. The zero-order chi connectivity index (χ0) is 13.8. The molecule has 0 bridgehead atoms. The second kappa shape index (κ2) is 5.31. The molecule has 0 amide bonds. The van der Waals surface area contributed by atoms with Gasteiger partial charge >= 0.3 is 5.97 Å². The maximum absolute atomic E-state index is 12.2. The van der Waals surface area contributed by atoms with Crippen molar-refractivity contribution in [1.82, 2.24) is 0 Å². The fraction of sp³-hybridized carbons (Fsp3) is 0.429. The normalized spacial score (nSPS) is 14.7. The van der Waals surface area contributed by atoms with E-state index in [0.717, 1.165) is 0 Å². The van der Waals surface area contributed by atoms with Crippen LogP contribution in [0.15, 0.2) is 30.3 Å². The molecule has 4 nitrogen and oxygen atoms in total. The summed E-state index contributed by atoms with van der Waals surface area (Å²) in [5.74, 6) is -0.590. The van der Waals surface area contributed by atoms with Gasteiger partial charge in [-0.05, 0) is 26.3 Å². The molecule has 98 valence electrons. The van der Waals surface area contributed by atoms with Crippen molar-refractivity contribution in [1.29, 1.82) is 0 Å². The van der Waals surface area contributed by atoms with Crippen molar-refractivity contribution in [3.05, 3.63) is 35.9 Å². The predicted octanol–water partition coefficient (Wildman–Crippen LogP) is 1.77. The highest BCUT2D eigenvalue weighted by Gasteiger charge is 2.39. The minimum atomic E-state index is -1.42. The van der Waals surface area contributed by atoms with E-state index in [1.165, 1.54) is 0 Å². The van der Waals surface area contributed by atoms with Gasteiger partial charge < -0.3 is 15.3 Å². The van der Waals surface area contributed by atoms with Crippen molar-refractivity contribution < 1.29 is 14.3 Å². The van der Waals surface area contributed by atoms with Crippen LogP contribution in [0.5, 0.6) is 0 Å². The van der Waals surface area contributed by atoms with E-state index in [-0.39, 0.29) is 6.42 Å². The van der Waals surface area contributed by atoms with E-state index >= 15 is 0 Å². The topological polar surface area (TPSA) is 69.4 Å². The number of carbonyl (C=O) groups is 2. The van der Waals surface area contributed by atoms with Crippen molar-refractivity contribution in [2.45, 2.75) is 38.3 Å². The van der Waals surface area contributed by atoms with Gasteiger partial charge in [-0.15, -0.1) is 0 Å². The van der Waals surface area contributed by atoms with E-state index in [1.807, 2.05) is 6.07 Å². The van der Waals surface area contributed by atoms with Crippen LogP contribution in [0.3, 0.4) is 0 Å². The van der Waals surface area contributed by atoms with Crippen LogP contribution in [0, 0.1) is 0 Å².